The van der Waals surface area contributed by atoms with Crippen molar-refractivity contribution in [2.75, 3.05) is 0 Å². The lowest BCUT2D eigenvalue weighted by atomic mass is 9.92. The summed E-state index contributed by atoms with van der Waals surface area (Å²) in [6.07, 6.45) is 3.36. The number of aliphatic imine (C=N–C) groups is 1. The first-order valence-corrected chi connectivity index (χ1v) is 5.08. The highest BCUT2D eigenvalue weighted by molar-refractivity contribution is 5.82. The number of rotatable bonds is 2. The zero-order valence-corrected chi connectivity index (χ0v) is 9.27. The molecule has 3 heteroatoms. The fourth-order valence-corrected chi connectivity index (χ4v) is 1.80. The first-order valence-electron chi connectivity index (χ1n) is 5.08. The third-order valence-electron chi connectivity index (χ3n) is 2.63. The van der Waals surface area contributed by atoms with Gasteiger partial charge in [-0.3, -0.25) is 4.98 Å². The molecule has 1 aromatic carbocycles. The molecule has 1 aromatic heterocycles. The molecule has 0 spiro atoms. The summed E-state index contributed by atoms with van der Waals surface area (Å²) in [5.74, 6) is 0. The van der Waals surface area contributed by atoms with E-state index in [4.69, 9.17) is 0 Å². The summed E-state index contributed by atoms with van der Waals surface area (Å²) in [5.41, 5.74) is 1.33. The maximum absolute atomic E-state index is 10.4. The van der Waals surface area contributed by atoms with Crippen molar-refractivity contribution in [3.63, 3.8) is 0 Å². The Morgan fingerprint density at radius 2 is 2.00 bits per heavy atom. The van der Waals surface area contributed by atoms with E-state index in [0.717, 1.165) is 16.5 Å². The van der Waals surface area contributed by atoms with Gasteiger partial charge in [-0.25, -0.2) is 4.79 Å². The van der Waals surface area contributed by atoms with Crippen LogP contribution in [0.5, 0.6) is 0 Å². The van der Waals surface area contributed by atoms with Crippen molar-refractivity contribution in [3.05, 3.63) is 42.1 Å². The second-order valence-corrected chi connectivity index (χ2v) is 4.14. The summed E-state index contributed by atoms with van der Waals surface area (Å²) in [6, 6.07) is 9.71. The van der Waals surface area contributed by atoms with Crippen LogP contribution >= 0.6 is 0 Å². The Kier molecular flexibility index (Phi) is 2.55. The average Bonchev–Trinajstić information content (AvgIpc) is 2.28. The van der Waals surface area contributed by atoms with Crippen molar-refractivity contribution >= 4 is 17.0 Å². The predicted octanol–water partition coefficient (Wildman–Crippen LogP) is 2.81. The van der Waals surface area contributed by atoms with E-state index in [-0.39, 0.29) is 0 Å². The van der Waals surface area contributed by atoms with Crippen LogP contribution in [0.25, 0.3) is 10.9 Å². The number of pyridine rings is 1. The van der Waals surface area contributed by atoms with Crippen molar-refractivity contribution in [2.45, 2.75) is 19.4 Å². The zero-order valence-electron chi connectivity index (χ0n) is 9.27. The summed E-state index contributed by atoms with van der Waals surface area (Å²) in [7, 11) is 0. The number of isocyanates is 1. The first kappa shape index (κ1) is 10.5. The molecular weight excluding hydrogens is 200 g/mol. The Bertz CT molecular complexity index is 564. The molecule has 0 bridgehead atoms. The first-order chi connectivity index (χ1) is 7.65. The van der Waals surface area contributed by atoms with E-state index in [1.54, 1.807) is 12.3 Å². The summed E-state index contributed by atoms with van der Waals surface area (Å²) < 4.78 is 0. The van der Waals surface area contributed by atoms with E-state index in [0.29, 0.717) is 0 Å². The van der Waals surface area contributed by atoms with E-state index >= 15 is 0 Å². The monoisotopic (exact) mass is 212 g/mol. The standard InChI is InChI=1S/C13H12N2O/c1-13(2,15-9-16)11-7-8-14-12-6-4-3-5-10(11)12/h3-8H,1-2H3. The van der Waals surface area contributed by atoms with Gasteiger partial charge in [-0.1, -0.05) is 18.2 Å². The van der Waals surface area contributed by atoms with Crippen molar-refractivity contribution in [1.82, 2.24) is 4.98 Å². The molecule has 0 saturated carbocycles. The number of hydrogen-bond acceptors (Lipinski definition) is 3. The van der Waals surface area contributed by atoms with Crippen LogP contribution in [-0.4, -0.2) is 11.1 Å². The van der Waals surface area contributed by atoms with Crippen LogP contribution in [-0.2, 0) is 10.3 Å². The molecule has 2 aromatic rings. The number of benzene rings is 1. The van der Waals surface area contributed by atoms with Crippen LogP contribution in [0, 0.1) is 0 Å². The quantitative estimate of drug-likeness (QED) is 0.567. The maximum atomic E-state index is 10.4. The fraction of sp³-hybridized carbons (Fsp3) is 0.231. The van der Waals surface area contributed by atoms with Crippen LogP contribution in [0.1, 0.15) is 19.4 Å². The van der Waals surface area contributed by atoms with Crippen LogP contribution in [0.4, 0.5) is 0 Å². The molecule has 0 atom stereocenters. The molecule has 80 valence electrons. The smallest absolute Gasteiger partial charge is 0.235 e. The van der Waals surface area contributed by atoms with E-state index in [1.165, 1.54) is 0 Å². The molecule has 2 rings (SSSR count). The minimum atomic E-state index is -0.565. The van der Waals surface area contributed by atoms with Crippen LogP contribution in [0.2, 0.25) is 0 Å². The summed E-state index contributed by atoms with van der Waals surface area (Å²) in [5, 5.41) is 1.02. The number of nitrogens with zero attached hydrogens (tertiary/aromatic N) is 2. The fourth-order valence-electron chi connectivity index (χ4n) is 1.80. The number of carbonyl (C=O) groups excluding carboxylic acids is 1. The van der Waals surface area contributed by atoms with Gasteiger partial charge in [0.15, 0.2) is 0 Å². The van der Waals surface area contributed by atoms with Gasteiger partial charge in [0, 0.05) is 11.6 Å². The zero-order chi connectivity index (χ0) is 11.6. The molecule has 0 aliphatic carbocycles. The van der Waals surface area contributed by atoms with Gasteiger partial charge in [0.1, 0.15) is 0 Å². The second kappa shape index (κ2) is 3.87. The van der Waals surface area contributed by atoms with Crippen molar-refractivity contribution in [2.24, 2.45) is 4.99 Å². The number of para-hydroxylation sites is 1. The van der Waals surface area contributed by atoms with Crippen molar-refractivity contribution in [1.29, 1.82) is 0 Å². The van der Waals surface area contributed by atoms with Crippen molar-refractivity contribution < 1.29 is 4.79 Å². The van der Waals surface area contributed by atoms with Gasteiger partial charge in [-0.05, 0) is 31.5 Å². The van der Waals surface area contributed by atoms with Gasteiger partial charge in [0.2, 0.25) is 6.08 Å². The van der Waals surface area contributed by atoms with E-state index < -0.39 is 5.54 Å². The maximum Gasteiger partial charge on any atom is 0.235 e. The molecule has 0 unspecified atom stereocenters. The minimum absolute atomic E-state index is 0.565. The van der Waals surface area contributed by atoms with Gasteiger partial charge < -0.3 is 0 Å². The molecule has 3 nitrogen and oxygen atoms in total. The van der Waals surface area contributed by atoms with Crippen LogP contribution in [0.15, 0.2) is 41.5 Å². The topological polar surface area (TPSA) is 42.3 Å². The molecule has 0 aliphatic heterocycles. The molecule has 0 saturated heterocycles. The molecule has 0 fully saturated rings. The highest BCUT2D eigenvalue weighted by Gasteiger charge is 2.21. The van der Waals surface area contributed by atoms with Crippen molar-refractivity contribution in [3.8, 4) is 0 Å². The lowest BCUT2D eigenvalue weighted by molar-refractivity contribution is 0.525. The summed E-state index contributed by atoms with van der Waals surface area (Å²) in [4.78, 5) is 18.5. The molecule has 0 N–H and O–H groups in total. The Morgan fingerprint density at radius 3 is 2.75 bits per heavy atom. The lowest BCUT2D eigenvalue weighted by Crippen LogP contribution is -2.14. The largest absolute Gasteiger partial charge is 0.256 e. The highest BCUT2D eigenvalue weighted by atomic mass is 16.1. The molecule has 16 heavy (non-hydrogen) atoms. The normalized spacial score (nSPS) is 11.1. The van der Waals surface area contributed by atoms with Gasteiger partial charge in [-0.15, -0.1) is 0 Å². The SMILES string of the molecule is CC(C)(N=C=O)c1ccnc2ccccc12. The van der Waals surface area contributed by atoms with Crippen LogP contribution < -0.4 is 0 Å². The van der Waals surface area contributed by atoms with Gasteiger partial charge in [-0.2, -0.15) is 4.99 Å². The average molecular weight is 212 g/mol. The third kappa shape index (κ3) is 1.73. The third-order valence-corrected chi connectivity index (χ3v) is 2.63. The highest BCUT2D eigenvalue weighted by Crippen LogP contribution is 2.29. The van der Waals surface area contributed by atoms with Gasteiger partial charge >= 0.3 is 0 Å². The Labute approximate surface area is 93.8 Å². The molecule has 1 heterocycles. The Hall–Kier alpha value is -1.99. The number of hydrogen-bond donors (Lipinski definition) is 0. The molecule has 0 amide bonds. The number of fused-ring (bicyclic) bond motifs is 1. The number of aromatic nitrogens is 1. The van der Waals surface area contributed by atoms with Gasteiger partial charge in [0.25, 0.3) is 0 Å². The molecule has 0 radical (unpaired) electrons. The summed E-state index contributed by atoms with van der Waals surface area (Å²) >= 11 is 0. The van der Waals surface area contributed by atoms with E-state index in [1.807, 2.05) is 44.2 Å². The molecule has 0 aliphatic rings. The predicted molar refractivity (Wildman–Crippen MR) is 62.9 cm³/mol. The van der Waals surface area contributed by atoms with Gasteiger partial charge in [0.05, 0.1) is 11.1 Å². The minimum Gasteiger partial charge on any atom is -0.256 e. The van der Waals surface area contributed by atoms with E-state index in [9.17, 15) is 4.79 Å². The Balaban J connectivity index is 2.74. The van der Waals surface area contributed by atoms with Crippen LogP contribution in [0.3, 0.4) is 0 Å². The second-order valence-electron chi connectivity index (χ2n) is 4.14. The Morgan fingerprint density at radius 1 is 1.25 bits per heavy atom. The molecular formula is C13H12N2O. The van der Waals surface area contributed by atoms with E-state index in [2.05, 4.69) is 9.98 Å². The lowest BCUT2D eigenvalue weighted by Gasteiger charge is -2.19. The summed E-state index contributed by atoms with van der Waals surface area (Å²) in [6.45, 7) is 3.78.